The van der Waals surface area contributed by atoms with Gasteiger partial charge in [0.25, 0.3) is 0 Å². The average Bonchev–Trinajstić information content (AvgIpc) is 2.74. The number of nitrogen functional groups attached to an aromatic ring is 1. The highest BCUT2D eigenvalue weighted by atomic mass is 16.7. The molecule has 5 nitrogen and oxygen atoms in total. The third kappa shape index (κ3) is 1.83. The predicted molar refractivity (Wildman–Crippen MR) is 80.8 cm³/mol. The molecule has 0 saturated carbocycles. The van der Waals surface area contributed by atoms with Crippen molar-refractivity contribution in [1.82, 2.24) is 9.78 Å². The summed E-state index contributed by atoms with van der Waals surface area (Å²) in [6.07, 6.45) is 0. The van der Waals surface area contributed by atoms with Gasteiger partial charge in [-0.15, -0.1) is 0 Å². The molecule has 2 N–H and O–H groups in total. The van der Waals surface area contributed by atoms with Crippen molar-refractivity contribution in [3.05, 3.63) is 18.2 Å². The number of aromatic nitrogens is 2. The minimum Gasteiger partial charge on any atom is -0.399 e. The van der Waals surface area contributed by atoms with E-state index in [9.17, 15) is 0 Å². The van der Waals surface area contributed by atoms with Gasteiger partial charge in [-0.05, 0) is 45.3 Å². The second-order valence-corrected chi connectivity index (χ2v) is 6.37. The molecule has 0 atom stereocenters. The van der Waals surface area contributed by atoms with Crippen LogP contribution in [0.4, 0.5) is 5.82 Å². The zero-order valence-corrected chi connectivity index (χ0v) is 12.6. The summed E-state index contributed by atoms with van der Waals surface area (Å²) in [6.45, 7) is 8.20. The lowest BCUT2D eigenvalue weighted by Crippen LogP contribution is -2.41. The summed E-state index contributed by atoms with van der Waals surface area (Å²) in [5.41, 5.74) is 7.17. The van der Waals surface area contributed by atoms with E-state index in [0.29, 0.717) is 5.82 Å². The van der Waals surface area contributed by atoms with E-state index < -0.39 is 0 Å². The van der Waals surface area contributed by atoms with Crippen LogP contribution in [0.1, 0.15) is 27.7 Å². The van der Waals surface area contributed by atoms with Crippen molar-refractivity contribution in [3.63, 3.8) is 0 Å². The summed E-state index contributed by atoms with van der Waals surface area (Å²) in [5.74, 6) is 0.544. The van der Waals surface area contributed by atoms with E-state index in [0.717, 1.165) is 16.4 Å². The van der Waals surface area contributed by atoms with Crippen molar-refractivity contribution in [2.75, 3.05) is 5.73 Å². The van der Waals surface area contributed by atoms with E-state index in [1.54, 1.807) is 4.68 Å². The molecule has 20 heavy (non-hydrogen) atoms. The van der Waals surface area contributed by atoms with Crippen molar-refractivity contribution < 1.29 is 9.31 Å². The molecule has 0 spiro atoms. The third-order valence-corrected chi connectivity index (χ3v) is 4.43. The molecule has 3 rings (SSSR count). The fourth-order valence-electron chi connectivity index (χ4n) is 2.43. The lowest BCUT2D eigenvalue weighted by atomic mass is 9.79. The standard InChI is InChI=1S/C14H20BN3O2/c1-13(2)14(3,4)20-15(19-13)9-6-7-10-11(8-9)18(5)17-12(10)16/h6-8H,1-5H3,(H2,16,17). The molecule has 1 aliphatic rings. The summed E-state index contributed by atoms with van der Waals surface area (Å²) in [6, 6.07) is 5.99. The fraction of sp³-hybridized carbons (Fsp3) is 0.500. The number of hydrogen-bond donors (Lipinski definition) is 1. The average molecular weight is 273 g/mol. The number of anilines is 1. The summed E-state index contributed by atoms with van der Waals surface area (Å²) in [5, 5.41) is 5.18. The van der Waals surface area contributed by atoms with Gasteiger partial charge in [0.15, 0.2) is 5.82 Å². The van der Waals surface area contributed by atoms with Crippen LogP contribution in [0.5, 0.6) is 0 Å². The van der Waals surface area contributed by atoms with Crippen LogP contribution in [-0.4, -0.2) is 28.1 Å². The first-order chi connectivity index (χ1) is 9.21. The van der Waals surface area contributed by atoms with Gasteiger partial charge in [-0.1, -0.05) is 6.07 Å². The van der Waals surface area contributed by atoms with Crippen LogP contribution in [-0.2, 0) is 16.4 Å². The molecular formula is C14H20BN3O2. The molecular weight excluding hydrogens is 253 g/mol. The Balaban J connectivity index is 2.02. The Morgan fingerprint density at radius 1 is 1.15 bits per heavy atom. The van der Waals surface area contributed by atoms with E-state index in [2.05, 4.69) is 5.10 Å². The summed E-state index contributed by atoms with van der Waals surface area (Å²) in [7, 11) is 1.52. The van der Waals surface area contributed by atoms with Crippen LogP contribution in [0.3, 0.4) is 0 Å². The molecule has 0 bridgehead atoms. The Labute approximate surface area is 119 Å². The van der Waals surface area contributed by atoms with Crippen molar-refractivity contribution in [2.45, 2.75) is 38.9 Å². The zero-order chi connectivity index (χ0) is 14.7. The molecule has 2 heterocycles. The Hall–Kier alpha value is -1.53. The molecule has 6 heteroatoms. The minimum absolute atomic E-state index is 0.335. The lowest BCUT2D eigenvalue weighted by Gasteiger charge is -2.32. The molecule has 1 fully saturated rings. The molecule has 1 saturated heterocycles. The number of nitrogens with two attached hydrogens (primary N) is 1. The maximum absolute atomic E-state index is 6.06. The van der Waals surface area contributed by atoms with Crippen LogP contribution >= 0.6 is 0 Å². The van der Waals surface area contributed by atoms with Crippen LogP contribution in [0, 0.1) is 0 Å². The number of benzene rings is 1. The van der Waals surface area contributed by atoms with Crippen molar-refractivity contribution in [2.24, 2.45) is 7.05 Å². The van der Waals surface area contributed by atoms with E-state index in [1.165, 1.54) is 0 Å². The fourth-order valence-corrected chi connectivity index (χ4v) is 2.43. The smallest absolute Gasteiger partial charge is 0.399 e. The van der Waals surface area contributed by atoms with E-state index in [1.807, 2.05) is 52.9 Å². The number of nitrogens with zero attached hydrogens (tertiary/aromatic N) is 2. The van der Waals surface area contributed by atoms with Crippen LogP contribution in [0.25, 0.3) is 10.9 Å². The maximum Gasteiger partial charge on any atom is 0.494 e. The van der Waals surface area contributed by atoms with Crippen LogP contribution < -0.4 is 11.2 Å². The first kappa shape index (κ1) is 13.5. The van der Waals surface area contributed by atoms with Gasteiger partial charge in [-0.25, -0.2) is 0 Å². The Morgan fingerprint density at radius 3 is 2.35 bits per heavy atom. The Bertz CT molecular complexity index is 662. The molecule has 0 unspecified atom stereocenters. The van der Waals surface area contributed by atoms with Crippen molar-refractivity contribution >= 4 is 29.3 Å². The van der Waals surface area contributed by atoms with Gasteiger partial charge in [-0.3, -0.25) is 4.68 Å². The number of aryl methyl sites for hydroxylation is 1. The topological polar surface area (TPSA) is 62.3 Å². The molecule has 0 radical (unpaired) electrons. The lowest BCUT2D eigenvalue weighted by molar-refractivity contribution is 0.00578. The van der Waals surface area contributed by atoms with E-state index >= 15 is 0 Å². The highest BCUT2D eigenvalue weighted by Crippen LogP contribution is 2.36. The molecule has 1 aromatic heterocycles. The molecule has 2 aromatic rings. The first-order valence-corrected chi connectivity index (χ1v) is 6.79. The monoisotopic (exact) mass is 273 g/mol. The SMILES string of the molecule is Cn1nc(N)c2ccc(B3OC(C)(C)C(C)(C)O3)cc21. The molecule has 1 aromatic carbocycles. The van der Waals surface area contributed by atoms with Crippen LogP contribution in [0.15, 0.2) is 18.2 Å². The largest absolute Gasteiger partial charge is 0.494 e. The third-order valence-electron chi connectivity index (χ3n) is 4.43. The maximum atomic E-state index is 6.06. The molecule has 0 aliphatic carbocycles. The highest BCUT2D eigenvalue weighted by molar-refractivity contribution is 6.62. The number of hydrogen-bond acceptors (Lipinski definition) is 4. The van der Waals surface area contributed by atoms with Gasteiger partial charge in [0, 0.05) is 12.4 Å². The molecule has 106 valence electrons. The van der Waals surface area contributed by atoms with Gasteiger partial charge in [0.05, 0.1) is 16.7 Å². The number of rotatable bonds is 1. The van der Waals surface area contributed by atoms with Crippen molar-refractivity contribution in [1.29, 1.82) is 0 Å². The van der Waals surface area contributed by atoms with Gasteiger partial charge in [0.2, 0.25) is 0 Å². The normalized spacial score (nSPS) is 20.8. The van der Waals surface area contributed by atoms with Gasteiger partial charge < -0.3 is 15.0 Å². The van der Waals surface area contributed by atoms with Crippen molar-refractivity contribution in [3.8, 4) is 0 Å². The second kappa shape index (κ2) is 3.99. The summed E-state index contributed by atoms with van der Waals surface area (Å²) in [4.78, 5) is 0. The van der Waals surface area contributed by atoms with Crippen LogP contribution in [0.2, 0.25) is 0 Å². The quantitative estimate of drug-likeness (QED) is 0.799. The van der Waals surface area contributed by atoms with E-state index in [4.69, 9.17) is 15.0 Å². The first-order valence-electron chi connectivity index (χ1n) is 6.79. The molecule has 1 aliphatic heterocycles. The van der Waals surface area contributed by atoms with E-state index in [-0.39, 0.29) is 18.3 Å². The van der Waals surface area contributed by atoms with Gasteiger partial charge in [-0.2, -0.15) is 5.10 Å². The second-order valence-electron chi connectivity index (χ2n) is 6.37. The van der Waals surface area contributed by atoms with Gasteiger partial charge in [0.1, 0.15) is 0 Å². The summed E-state index contributed by atoms with van der Waals surface area (Å²) < 4.78 is 13.9. The zero-order valence-electron chi connectivity index (χ0n) is 12.6. The highest BCUT2D eigenvalue weighted by Gasteiger charge is 2.51. The van der Waals surface area contributed by atoms with Gasteiger partial charge >= 0.3 is 7.12 Å². The Morgan fingerprint density at radius 2 is 1.75 bits per heavy atom. The summed E-state index contributed by atoms with van der Waals surface area (Å²) >= 11 is 0. The Kier molecular flexibility index (Phi) is 2.69. The molecule has 0 amide bonds. The minimum atomic E-state index is -0.361. The number of fused-ring (bicyclic) bond motifs is 1. The predicted octanol–water partition coefficient (Wildman–Crippen LogP) is 1.45.